The lowest BCUT2D eigenvalue weighted by atomic mass is 10.1. The average Bonchev–Trinajstić information content (AvgIpc) is 2.74. The van der Waals surface area contributed by atoms with Crippen LogP contribution in [0.1, 0.15) is 23.2 Å². The summed E-state index contributed by atoms with van der Waals surface area (Å²) in [5.41, 5.74) is 4.65. The number of piperidine rings is 1. The second kappa shape index (κ2) is 11.7. The maximum absolute atomic E-state index is 12.1. The van der Waals surface area contributed by atoms with Gasteiger partial charge in [0.1, 0.15) is 19.0 Å². The summed E-state index contributed by atoms with van der Waals surface area (Å²) in [7, 11) is 0. The van der Waals surface area contributed by atoms with Gasteiger partial charge in [-0.25, -0.2) is 9.59 Å². The minimum absolute atomic E-state index is 0.00866. The molecule has 2 rings (SSSR count). The summed E-state index contributed by atoms with van der Waals surface area (Å²) < 4.78 is 15.1. The second-order valence-corrected chi connectivity index (χ2v) is 6.28. The highest BCUT2D eigenvalue weighted by atomic mass is 16.7. The van der Waals surface area contributed by atoms with Crippen LogP contribution >= 0.6 is 0 Å². The van der Waals surface area contributed by atoms with Crippen LogP contribution in [0.4, 0.5) is 0 Å². The lowest BCUT2D eigenvalue weighted by Gasteiger charge is -2.22. The molecule has 12 nitrogen and oxygen atoms in total. The van der Waals surface area contributed by atoms with E-state index < -0.39 is 36.6 Å². The predicted molar refractivity (Wildman–Crippen MR) is 99.5 cm³/mol. The van der Waals surface area contributed by atoms with E-state index in [-0.39, 0.29) is 24.0 Å². The first-order valence-electron chi connectivity index (χ1n) is 9.09. The van der Waals surface area contributed by atoms with E-state index in [1.807, 2.05) is 0 Å². The van der Waals surface area contributed by atoms with E-state index in [0.717, 1.165) is 25.9 Å². The number of hydrogen-bond donors (Lipinski definition) is 5. The van der Waals surface area contributed by atoms with Gasteiger partial charge in [0.25, 0.3) is 18.1 Å². The molecule has 0 radical (unpaired) electrons. The molecule has 30 heavy (non-hydrogen) atoms. The molecule has 5 N–H and O–H groups in total. The number of nitrogens with one attached hydrogen (secondary N) is 3. The number of carboxylic acid groups (broad SMARTS) is 2. The Balaban J connectivity index is 1.77. The molecule has 0 aliphatic carbocycles. The van der Waals surface area contributed by atoms with E-state index in [9.17, 15) is 19.2 Å². The molecule has 12 heteroatoms. The molecule has 1 aromatic rings. The van der Waals surface area contributed by atoms with E-state index in [0.29, 0.717) is 0 Å². The number of benzene rings is 1. The van der Waals surface area contributed by atoms with Crippen LogP contribution in [-0.4, -0.2) is 72.7 Å². The zero-order chi connectivity index (χ0) is 21.9. The third-order valence-corrected chi connectivity index (χ3v) is 3.97. The van der Waals surface area contributed by atoms with Gasteiger partial charge >= 0.3 is 11.9 Å². The minimum Gasteiger partial charge on any atom is -0.480 e. The van der Waals surface area contributed by atoms with E-state index in [4.69, 9.17) is 19.7 Å². The molecule has 2 amide bonds. The van der Waals surface area contributed by atoms with Crippen LogP contribution in [0.2, 0.25) is 0 Å². The first-order valence-corrected chi connectivity index (χ1v) is 9.09. The highest BCUT2D eigenvalue weighted by molar-refractivity contribution is 5.95. The van der Waals surface area contributed by atoms with Gasteiger partial charge < -0.3 is 29.7 Å². The number of carbonyl (C=O) groups is 4. The first-order chi connectivity index (χ1) is 14.3. The Bertz CT molecular complexity index is 748. The van der Waals surface area contributed by atoms with Gasteiger partial charge in [-0.1, -0.05) is 0 Å². The monoisotopic (exact) mass is 425 g/mol. The Morgan fingerprint density at radius 2 is 1.70 bits per heavy atom. The number of hydrogen-bond acceptors (Lipinski definition) is 8. The fourth-order valence-corrected chi connectivity index (χ4v) is 2.50. The van der Waals surface area contributed by atoms with Crippen LogP contribution < -0.4 is 20.9 Å². The van der Waals surface area contributed by atoms with Crippen molar-refractivity contribution in [3.63, 3.8) is 0 Å². The molecule has 164 valence electrons. The number of amides is 2. The molecule has 0 saturated carbocycles. The number of carboxylic acids is 2. The molecule has 0 bridgehead atoms. The molecular formula is C18H23N3O9. The maximum Gasteiger partial charge on any atom is 0.373 e. The van der Waals surface area contributed by atoms with Crippen LogP contribution in [0.15, 0.2) is 24.3 Å². The largest absolute Gasteiger partial charge is 0.480 e. The average molecular weight is 425 g/mol. The van der Waals surface area contributed by atoms with Crippen molar-refractivity contribution in [3.05, 3.63) is 29.8 Å². The third-order valence-electron chi connectivity index (χ3n) is 3.97. The van der Waals surface area contributed by atoms with Crippen molar-refractivity contribution in [1.29, 1.82) is 0 Å². The maximum atomic E-state index is 12.1. The molecular weight excluding hydrogens is 402 g/mol. The zero-order valence-electron chi connectivity index (χ0n) is 16.0. The molecule has 0 aromatic heterocycles. The van der Waals surface area contributed by atoms with Crippen molar-refractivity contribution >= 4 is 23.8 Å². The number of ether oxygens (including phenoxy) is 3. The van der Waals surface area contributed by atoms with Crippen molar-refractivity contribution in [2.75, 3.05) is 26.3 Å². The number of carbonyl (C=O) groups excluding carboxylic acids is 2. The quantitative estimate of drug-likeness (QED) is 0.234. The second-order valence-electron chi connectivity index (χ2n) is 6.28. The molecule has 1 aromatic carbocycles. The SMILES string of the molecule is O=C(O)COC(Oc1ccc(C(=O)NNC(=O)COC2CCNCC2)cc1)C(=O)O. The molecule has 1 heterocycles. The summed E-state index contributed by atoms with van der Waals surface area (Å²) in [5, 5.41) is 20.7. The summed E-state index contributed by atoms with van der Waals surface area (Å²) in [6.07, 6.45) is -0.176. The number of hydrazine groups is 1. The van der Waals surface area contributed by atoms with Gasteiger partial charge in [-0.05, 0) is 50.2 Å². The van der Waals surface area contributed by atoms with Crippen molar-refractivity contribution < 1.29 is 43.6 Å². The number of rotatable bonds is 10. The zero-order valence-corrected chi connectivity index (χ0v) is 16.0. The van der Waals surface area contributed by atoms with Crippen molar-refractivity contribution in [2.45, 2.75) is 25.2 Å². The fraction of sp³-hybridized carbons (Fsp3) is 0.444. The van der Waals surface area contributed by atoms with Gasteiger partial charge in [0, 0.05) is 5.56 Å². The topological polar surface area (TPSA) is 173 Å². The van der Waals surface area contributed by atoms with E-state index in [1.54, 1.807) is 0 Å². The van der Waals surface area contributed by atoms with E-state index in [1.165, 1.54) is 24.3 Å². The van der Waals surface area contributed by atoms with Crippen molar-refractivity contribution in [2.24, 2.45) is 0 Å². The summed E-state index contributed by atoms with van der Waals surface area (Å²) in [6.45, 7) is 0.645. The molecule has 1 unspecified atom stereocenters. The van der Waals surface area contributed by atoms with Gasteiger partial charge in [0.15, 0.2) is 0 Å². The predicted octanol–water partition coefficient (Wildman–Crippen LogP) is -0.893. The summed E-state index contributed by atoms with van der Waals surface area (Å²) in [6, 6.07) is 5.27. The normalized spacial score (nSPS) is 15.1. The highest BCUT2D eigenvalue weighted by Gasteiger charge is 2.21. The van der Waals surface area contributed by atoms with Gasteiger partial charge in [-0.2, -0.15) is 0 Å². The first kappa shape index (κ1) is 23.1. The van der Waals surface area contributed by atoms with Crippen molar-refractivity contribution in [3.8, 4) is 5.75 Å². The Labute approximate surface area is 171 Å². The molecule has 1 fully saturated rings. The Morgan fingerprint density at radius 1 is 1.03 bits per heavy atom. The van der Waals surface area contributed by atoms with Crippen LogP contribution in [0, 0.1) is 0 Å². The van der Waals surface area contributed by atoms with E-state index in [2.05, 4.69) is 20.9 Å². The molecule has 0 spiro atoms. The summed E-state index contributed by atoms with van der Waals surface area (Å²) in [4.78, 5) is 45.4. The van der Waals surface area contributed by atoms with Crippen LogP contribution in [-0.2, 0) is 23.9 Å². The smallest absolute Gasteiger partial charge is 0.373 e. The van der Waals surface area contributed by atoms with Gasteiger partial charge in [-0.3, -0.25) is 20.4 Å². The van der Waals surface area contributed by atoms with Crippen molar-refractivity contribution in [1.82, 2.24) is 16.2 Å². The van der Waals surface area contributed by atoms with Gasteiger partial charge in [-0.15, -0.1) is 0 Å². The van der Waals surface area contributed by atoms with Crippen LogP contribution in [0.3, 0.4) is 0 Å². The minimum atomic E-state index is -1.82. The van der Waals surface area contributed by atoms with Gasteiger partial charge in [0.2, 0.25) is 0 Å². The van der Waals surface area contributed by atoms with Crippen LogP contribution in [0.5, 0.6) is 5.75 Å². The molecule has 1 saturated heterocycles. The van der Waals surface area contributed by atoms with Crippen LogP contribution in [0.25, 0.3) is 0 Å². The highest BCUT2D eigenvalue weighted by Crippen LogP contribution is 2.14. The van der Waals surface area contributed by atoms with Gasteiger partial charge in [0.05, 0.1) is 6.10 Å². The summed E-state index contributed by atoms with van der Waals surface area (Å²) in [5.74, 6) is -3.91. The standard InChI is InChI=1S/C18H23N3O9/c22-14(9-28-12-5-7-19-8-6-12)20-21-16(25)11-1-3-13(4-2-11)30-18(17(26)27)29-10-15(23)24/h1-4,12,18-19H,5-10H2,(H,20,22)(H,21,25)(H,23,24)(H,26,27). The Kier molecular flexibility index (Phi) is 9.00. The molecule has 1 aliphatic rings. The lowest BCUT2D eigenvalue weighted by Crippen LogP contribution is -2.44. The lowest BCUT2D eigenvalue weighted by molar-refractivity contribution is -0.175. The molecule has 1 atom stereocenters. The Morgan fingerprint density at radius 3 is 2.30 bits per heavy atom. The third kappa shape index (κ3) is 8.03. The van der Waals surface area contributed by atoms with E-state index >= 15 is 0 Å². The fourth-order valence-electron chi connectivity index (χ4n) is 2.50. The summed E-state index contributed by atoms with van der Waals surface area (Å²) >= 11 is 0. The Hall–Kier alpha value is -3.22. The molecule has 1 aliphatic heterocycles. The number of aliphatic carboxylic acids is 2.